The molecule has 0 fully saturated rings. The number of halogens is 6. The van der Waals surface area contributed by atoms with Crippen molar-refractivity contribution in [3.8, 4) is 5.88 Å². The highest BCUT2D eigenvalue weighted by atomic mass is 19.4. The molecule has 0 atom stereocenters. The molecular formula is C21H21F6N3O. The second kappa shape index (κ2) is 9.04. The first-order chi connectivity index (χ1) is 14.2. The molecule has 0 N–H and O–H groups in total. The highest BCUT2D eigenvalue weighted by Gasteiger charge is 2.34. The molecule has 4 nitrogen and oxygen atoms in total. The maximum absolute atomic E-state index is 13.3. The fourth-order valence-electron chi connectivity index (χ4n) is 2.81. The molecule has 1 aromatic heterocycles. The van der Waals surface area contributed by atoms with Gasteiger partial charge in [-0.25, -0.2) is 9.83 Å². The number of ether oxygens (including phenoxy) is 1. The van der Waals surface area contributed by atoms with E-state index in [1.807, 2.05) is 20.8 Å². The zero-order valence-corrected chi connectivity index (χ0v) is 17.1. The van der Waals surface area contributed by atoms with Crippen LogP contribution in [0.1, 0.15) is 31.9 Å². The predicted octanol–water partition coefficient (Wildman–Crippen LogP) is 6.60. The number of benzene rings is 1. The van der Waals surface area contributed by atoms with Crippen LogP contribution in [-0.4, -0.2) is 24.7 Å². The first kappa shape index (κ1) is 24.3. The summed E-state index contributed by atoms with van der Waals surface area (Å²) in [7, 11) is 0. The van der Waals surface area contributed by atoms with Crippen molar-refractivity contribution in [1.29, 1.82) is 0 Å². The van der Waals surface area contributed by atoms with Gasteiger partial charge in [0.1, 0.15) is 6.61 Å². The van der Waals surface area contributed by atoms with E-state index in [1.165, 1.54) is 6.07 Å². The third kappa shape index (κ3) is 7.05. The first-order valence-electron chi connectivity index (χ1n) is 9.20. The SMILES string of the molecule is [C-]#[N+]c1ccc(N(CCOc2ccc(C(F)(F)F)cn2)CC(C)(C)C)cc1C(F)(F)F. The molecule has 0 radical (unpaired) electrons. The van der Waals surface area contributed by atoms with Crippen molar-refractivity contribution in [3.63, 3.8) is 0 Å². The van der Waals surface area contributed by atoms with Gasteiger partial charge in [-0.3, -0.25) is 0 Å². The van der Waals surface area contributed by atoms with Crippen LogP contribution in [0.25, 0.3) is 4.85 Å². The molecule has 10 heteroatoms. The largest absolute Gasteiger partial charge is 0.476 e. The van der Waals surface area contributed by atoms with E-state index in [-0.39, 0.29) is 30.1 Å². The Balaban J connectivity index is 2.19. The lowest BCUT2D eigenvalue weighted by Gasteiger charge is -2.32. The molecule has 1 aromatic carbocycles. The van der Waals surface area contributed by atoms with E-state index in [1.54, 1.807) is 4.90 Å². The van der Waals surface area contributed by atoms with Crippen LogP contribution >= 0.6 is 0 Å². The lowest BCUT2D eigenvalue weighted by molar-refractivity contribution is -0.138. The Morgan fingerprint density at radius 1 is 1.00 bits per heavy atom. The Morgan fingerprint density at radius 3 is 2.16 bits per heavy atom. The Hall–Kier alpha value is -2.96. The fraction of sp³-hybridized carbons (Fsp3) is 0.429. The molecule has 0 spiro atoms. The lowest BCUT2D eigenvalue weighted by atomic mass is 9.95. The van der Waals surface area contributed by atoms with Crippen molar-refractivity contribution in [1.82, 2.24) is 4.98 Å². The van der Waals surface area contributed by atoms with Crippen LogP contribution in [0.4, 0.5) is 37.7 Å². The smallest absolute Gasteiger partial charge is 0.417 e. The number of aromatic nitrogens is 1. The number of nitrogens with zero attached hydrogens (tertiary/aromatic N) is 3. The number of pyridine rings is 1. The molecule has 1 heterocycles. The van der Waals surface area contributed by atoms with Gasteiger partial charge >= 0.3 is 12.4 Å². The van der Waals surface area contributed by atoms with Gasteiger partial charge in [0.2, 0.25) is 5.88 Å². The monoisotopic (exact) mass is 445 g/mol. The molecule has 0 aliphatic rings. The van der Waals surface area contributed by atoms with E-state index in [0.29, 0.717) is 12.7 Å². The summed E-state index contributed by atoms with van der Waals surface area (Å²) in [5.41, 5.74) is -2.43. The van der Waals surface area contributed by atoms with Gasteiger partial charge in [-0.05, 0) is 23.6 Å². The molecule has 168 valence electrons. The standard InChI is InChI=1S/C21H21F6N3O/c1-19(2,3)13-30(15-6-7-17(28-4)16(11-15)21(25,26)27)9-10-31-18-8-5-14(12-29-18)20(22,23)24/h5-8,11-12H,9-10,13H2,1-3H3. The van der Waals surface area contributed by atoms with Crippen molar-refractivity contribution in [2.24, 2.45) is 5.41 Å². The van der Waals surface area contributed by atoms with Crippen molar-refractivity contribution in [2.75, 3.05) is 24.6 Å². The first-order valence-corrected chi connectivity index (χ1v) is 9.20. The summed E-state index contributed by atoms with van der Waals surface area (Å²) in [6.07, 6.45) is -8.53. The van der Waals surface area contributed by atoms with E-state index in [9.17, 15) is 26.3 Å². The molecule has 0 amide bonds. The molecule has 31 heavy (non-hydrogen) atoms. The number of anilines is 1. The van der Waals surface area contributed by atoms with Crippen molar-refractivity contribution < 1.29 is 31.1 Å². The topological polar surface area (TPSA) is 29.7 Å². The highest BCUT2D eigenvalue weighted by molar-refractivity contribution is 5.62. The summed E-state index contributed by atoms with van der Waals surface area (Å²) in [4.78, 5) is 8.23. The zero-order valence-electron chi connectivity index (χ0n) is 17.1. The summed E-state index contributed by atoms with van der Waals surface area (Å²) < 4.78 is 83.2. The van der Waals surface area contributed by atoms with Crippen molar-refractivity contribution >= 4 is 11.4 Å². The van der Waals surface area contributed by atoms with Crippen LogP contribution in [-0.2, 0) is 12.4 Å². The molecular weight excluding hydrogens is 424 g/mol. The van der Waals surface area contributed by atoms with E-state index in [2.05, 4.69) is 9.83 Å². The Bertz CT molecular complexity index is 925. The molecule has 0 unspecified atom stereocenters. The fourth-order valence-corrected chi connectivity index (χ4v) is 2.81. The van der Waals surface area contributed by atoms with Gasteiger partial charge in [-0.15, -0.1) is 0 Å². The van der Waals surface area contributed by atoms with Crippen LogP contribution in [0.15, 0.2) is 36.5 Å². The third-order valence-electron chi connectivity index (χ3n) is 4.11. The number of rotatable bonds is 6. The van der Waals surface area contributed by atoms with Gasteiger partial charge < -0.3 is 9.64 Å². The Labute approximate surface area is 176 Å². The van der Waals surface area contributed by atoms with Crippen molar-refractivity contribution in [2.45, 2.75) is 33.1 Å². The van der Waals surface area contributed by atoms with E-state index in [4.69, 9.17) is 11.3 Å². The normalized spacial score (nSPS) is 12.4. The van der Waals surface area contributed by atoms with Gasteiger partial charge in [0.05, 0.1) is 24.2 Å². The van der Waals surface area contributed by atoms with Crippen LogP contribution in [0.5, 0.6) is 5.88 Å². The molecule has 0 bridgehead atoms. The van der Waals surface area contributed by atoms with Crippen LogP contribution in [0.2, 0.25) is 0 Å². The van der Waals surface area contributed by atoms with Gasteiger partial charge in [0.15, 0.2) is 5.69 Å². The van der Waals surface area contributed by atoms with Crippen LogP contribution in [0.3, 0.4) is 0 Å². The highest BCUT2D eigenvalue weighted by Crippen LogP contribution is 2.39. The second-order valence-electron chi connectivity index (χ2n) is 8.02. The molecule has 2 aromatic rings. The van der Waals surface area contributed by atoms with E-state index >= 15 is 0 Å². The average molecular weight is 445 g/mol. The minimum atomic E-state index is -4.68. The average Bonchev–Trinajstić information content (AvgIpc) is 2.65. The maximum Gasteiger partial charge on any atom is 0.417 e. The minimum absolute atomic E-state index is 0.0135. The van der Waals surface area contributed by atoms with Gasteiger partial charge in [0.25, 0.3) is 0 Å². The summed E-state index contributed by atoms with van der Waals surface area (Å²) in [5, 5.41) is 0. The summed E-state index contributed by atoms with van der Waals surface area (Å²) in [5.74, 6) is -0.0250. The van der Waals surface area contributed by atoms with Crippen LogP contribution < -0.4 is 9.64 Å². The number of hydrogen-bond acceptors (Lipinski definition) is 3. The summed E-state index contributed by atoms with van der Waals surface area (Å²) >= 11 is 0. The summed E-state index contributed by atoms with van der Waals surface area (Å²) in [6.45, 7) is 13.2. The lowest BCUT2D eigenvalue weighted by Crippen LogP contribution is -2.36. The van der Waals surface area contributed by atoms with Crippen molar-refractivity contribution in [3.05, 3.63) is 59.1 Å². The molecule has 0 aliphatic carbocycles. The van der Waals surface area contributed by atoms with E-state index in [0.717, 1.165) is 24.3 Å². The molecule has 0 aliphatic heterocycles. The minimum Gasteiger partial charge on any atom is -0.476 e. The Morgan fingerprint density at radius 2 is 1.68 bits per heavy atom. The Kier molecular flexibility index (Phi) is 7.09. The number of alkyl halides is 6. The van der Waals surface area contributed by atoms with Gasteiger partial charge in [-0.1, -0.05) is 26.8 Å². The number of hydrogen-bond donors (Lipinski definition) is 0. The molecule has 0 saturated heterocycles. The zero-order chi connectivity index (χ0) is 23.4. The van der Waals surface area contributed by atoms with Gasteiger partial charge in [-0.2, -0.15) is 26.3 Å². The van der Waals surface area contributed by atoms with Crippen LogP contribution in [0, 0.1) is 12.0 Å². The quantitative estimate of drug-likeness (QED) is 0.371. The second-order valence-corrected chi connectivity index (χ2v) is 8.02. The summed E-state index contributed by atoms with van der Waals surface area (Å²) in [6, 6.07) is 5.41. The van der Waals surface area contributed by atoms with Gasteiger partial charge in [0, 0.05) is 24.5 Å². The molecule has 2 rings (SSSR count). The maximum atomic E-state index is 13.3. The predicted molar refractivity (Wildman–Crippen MR) is 104 cm³/mol. The van der Waals surface area contributed by atoms with E-state index < -0.39 is 29.2 Å². The molecule has 0 saturated carbocycles. The third-order valence-corrected chi connectivity index (χ3v) is 4.11.